The van der Waals surface area contributed by atoms with E-state index in [1.807, 2.05) is 0 Å². The zero-order chi connectivity index (χ0) is 62.6. The predicted molar refractivity (Wildman–Crippen MR) is 313 cm³/mol. The Morgan fingerprint density at radius 1 is 0.682 bits per heavy atom. The molecule has 0 radical (unpaired) electrons. The fraction of sp³-hybridized carbons (Fsp3) is 0.500. The molecule has 1 saturated heterocycles. The van der Waals surface area contributed by atoms with Crippen LogP contribution >= 0.6 is 25.3 Å². The molecule has 9 amide bonds. The number of phenolic OH excluding ortho intramolecular Hbond substituents is 2. The lowest BCUT2D eigenvalue weighted by Gasteiger charge is -2.30. The van der Waals surface area contributed by atoms with Crippen molar-refractivity contribution in [3.8, 4) is 11.5 Å². The van der Waals surface area contributed by atoms with Gasteiger partial charge in [0.1, 0.15) is 73.0 Å². The molecule has 466 valence electrons. The average Bonchev–Trinajstić information content (AvgIpc) is 3.67. The van der Waals surface area contributed by atoms with Gasteiger partial charge in [0.2, 0.25) is 53.2 Å². The molecule has 0 aromatic heterocycles. The summed E-state index contributed by atoms with van der Waals surface area (Å²) in [5, 5.41) is 63.9. The van der Waals surface area contributed by atoms with Gasteiger partial charge in [-0.15, -0.1) is 0 Å². The monoisotopic (exact) mass is 1230 g/mol. The van der Waals surface area contributed by atoms with Gasteiger partial charge < -0.3 is 88.2 Å². The highest BCUT2D eigenvalue weighted by molar-refractivity contribution is 7.80. The molecule has 15 N–H and O–H groups in total. The number of aliphatic hydroxyl groups excluding tert-OH is 2. The summed E-state index contributed by atoms with van der Waals surface area (Å²) in [7, 11) is 0. The zero-order valence-corrected chi connectivity index (χ0v) is 49.1. The maximum atomic E-state index is 14.5. The topological polar surface area (TPSA) is 414 Å². The predicted octanol–water partition coefficient (Wildman–Crippen LogP) is -3.29. The number of hydrogen-bond acceptors (Lipinski definition) is 20. The van der Waals surface area contributed by atoms with Crippen LogP contribution in [0, 0.1) is 5.92 Å². The molecule has 0 aliphatic carbocycles. The van der Waals surface area contributed by atoms with Gasteiger partial charge in [0.25, 0.3) is 0 Å². The molecule has 27 nitrogen and oxygen atoms in total. The number of nitrogens with two attached hydrogens (primary N) is 1. The lowest BCUT2D eigenvalue weighted by Crippen LogP contribution is -2.63. The Bertz CT molecular complexity index is 2700. The quantitative estimate of drug-likeness (QED) is 0.0184. The normalized spacial score (nSPS) is 20.0. The van der Waals surface area contributed by atoms with Crippen molar-refractivity contribution in [2.24, 2.45) is 11.7 Å². The Morgan fingerprint density at radius 3 is 1.84 bits per heavy atom. The fourth-order valence-corrected chi connectivity index (χ4v) is 8.69. The fourth-order valence-electron chi connectivity index (χ4n) is 8.27. The second-order valence-electron chi connectivity index (χ2n) is 20.0. The molecule has 3 aromatic carbocycles. The van der Waals surface area contributed by atoms with E-state index in [0.717, 1.165) is 6.92 Å². The highest BCUT2D eigenvalue weighted by Crippen LogP contribution is 2.16. The highest BCUT2D eigenvalue weighted by Gasteiger charge is 2.38. The van der Waals surface area contributed by atoms with Crippen LogP contribution in [0.2, 0.25) is 0 Å². The molecule has 0 saturated carbocycles. The van der Waals surface area contributed by atoms with Crippen LogP contribution in [0.5, 0.6) is 11.5 Å². The molecule has 1 aliphatic heterocycles. The summed E-state index contributed by atoms with van der Waals surface area (Å²) in [4.78, 5) is 138. The Labute approximate surface area is 502 Å². The van der Waals surface area contributed by atoms with Gasteiger partial charge in [-0.2, -0.15) is 25.3 Å². The standard InChI is InChI=1S/C56H78N10O17S2/c1-4-31(2)46-54(78)60-39(18-23-84)56(80)83-28-44(53(77)62-41(26-35-12-16-37(70)17-13-35)50(74)61-42(51(75)65-46)24-33-8-6-5-7-9-33)64-55(79)47(32(3)68)66-52(76)43(27-67)63-49(73)40(25-34-10-14-36(69)15-11-34)59-45(71)29-82-22-21-81-20-19-58-48(72)38(57)30-85/h5-17,31-32,38-44,46-47,67-70,84-85H,4,18-30,57H2,1-3H3,(H,58,72)(H,59,71)(H,60,78)(H,61,74)(H,62,77)(H,63,73)(H,64,79)(H,65,75)(H,66,76)/t31?,32?,38-,39-,40-,41-,42-,43-,44-,46-,47-/m0/s1. The number of esters is 1. The van der Waals surface area contributed by atoms with E-state index in [4.69, 9.17) is 19.9 Å². The summed E-state index contributed by atoms with van der Waals surface area (Å²) in [6, 6.07) is 6.27. The molecule has 0 spiro atoms. The van der Waals surface area contributed by atoms with E-state index < -0.39 is 145 Å². The van der Waals surface area contributed by atoms with Gasteiger partial charge >= 0.3 is 5.97 Å². The summed E-state index contributed by atoms with van der Waals surface area (Å²) in [6.45, 7) is 2.17. The minimum Gasteiger partial charge on any atom is -0.508 e. The van der Waals surface area contributed by atoms with Crippen molar-refractivity contribution in [2.75, 3.05) is 57.7 Å². The van der Waals surface area contributed by atoms with Crippen LogP contribution in [0.4, 0.5) is 0 Å². The molecule has 1 heterocycles. The number of benzene rings is 3. The van der Waals surface area contributed by atoms with E-state index in [0.29, 0.717) is 23.1 Å². The van der Waals surface area contributed by atoms with Crippen LogP contribution in [-0.4, -0.2) is 198 Å². The number of phenols is 2. The third-order valence-corrected chi connectivity index (χ3v) is 14.0. The summed E-state index contributed by atoms with van der Waals surface area (Å²) in [6.07, 6.45) is -2.07. The maximum absolute atomic E-state index is 14.5. The lowest BCUT2D eigenvalue weighted by molar-refractivity contribution is -0.151. The van der Waals surface area contributed by atoms with Gasteiger partial charge in [-0.3, -0.25) is 43.2 Å². The Morgan fingerprint density at radius 2 is 1.25 bits per heavy atom. The van der Waals surface area contributed by atoms with Crippen molar-refractivity contribution >= 4 is 84.4 Å². The molecule has 4 rings (SSSR count). The van der Waals surface area contributed by atoms with Crippen molar-refractivity contribution in [1.82, 2.24) is 47.9 Å². The number of hydrogen-bond donors (Lipinski definition) is 16. The summed E-state index contributed by atoms with van der Waals surface area (Å²) < 4.78 is 16.3. The number of amides is 9. The summed E-state index contributed by atoms with van der Waals surface area (Å²) in [5.41, 5.74) is 7.07. The second kappa shape index (κ2) is 36.3. The van der Waals surface area contributed by atoms with E-state index in [1.165, 1.54) is 48.5 Å². The first-order valence-corrected chi connectivity index (χ1v) is 28.7. The number of nitrogens with one attached hydrogen (secondary N) is 9. The molecule has 3 aromatic rings. The van der Waals surface area contributed by atoms with Crippen molar-refractivity contribution < 1.29 is 82.6 Å². The largest absolute Gasteiger partial charge is 0.508 e. The van der Waals surface area contributed by atoms with E-state index in [1.54, 1.807) is 44.2 Å². The molecule has 0 bridgehead atoms. The van der Waals surface area contributed by atoms with Gasteiger partial charge in [0.05, 0.1) is 38.6 Å². The first kappa shape index (κ1) is 69.9. The number of carbonyl (C=O) groups is 10. The van der Waals surface area contributed by atoms with E-state index >= 15 is 0 Å². The number of ether oxygens (including phenoxy) is 3. The van der Waals surface area contributed by atoms with Crippen LogP contribution in [0.25, 0.3) is 0 Å². The summed E-state index contributed by atoms with van der Waals surface area (Å²) in [5.74, 6) is -9.98. The van der Waals surface area contributed by atoms with Gasteiger partial charge in [-0.1, -0.05) is 74.9 Å². The van der Waals surface area contributed by atoms with Crippen molar-refractivity contribution in [1.29, 1.82) is 0 Å². The second-order valence-corrected chi connectivity index (χ2v) is 20.8. The van der Waals surface area contributed by atoms with Gasteiger partial charge in [0, 0.05) is 31.6 Å². The molecular formula is C56H78N10O17S2. The molecule has 1 aliphatic rings. The van der Waals surface area contributed by atoms with Crippen molar-refractivity contribution in [3.05, 3.63) is 95.6 Å². The molecule has 11 atom stereocenters. The number of rotatable bonds is 29. The number of thiol groups is 2. The Hall–Kier alpha value is -7.54. The lowest BCUT2D eigenvalue weighted by atomic mass is 9.96. The van der Waals surface area contributed by atoms with Crippen LogP contribution in [-0.2, 0) is 81.4 Å². The third-order valence-electron chi connectivity index (χ3n) is 13.4. The first-order valence-electron chi connectivity index (χ1n) is 27.4. The molecule has 1 fully saturated rings. The summed E-state index contributed by atoms with van der Waals surface area (Å²) >= 11 is 8.22. The minimum atomic E-state index is -1.98. The van der Waals surface area contributed by atoms with Gasteiger partial charge in [0.15, 0.2) is 0 Å². The van der Waals surface area contributed by atoms with Crippen LogP contribution in [0.1, 0.15) is 50.3 Å². The van der Waals surface area contributed by atoms with Gasteiger partial charge in [-0.25, -0.2) is 4.79 Å². The number of aromatic hydroxyl groups is 2. The molecule has 85 heavy (non-hydrogen) atoms. The van der Waals surface area contributed by atoms with Gasteiger partial charge in [-0.05, 0) is 66.0 Å². The Balaban J connectivity index is 1.59. The molecule has 29 heteroatoms. The van der Waals surface area contributed by atoms with E-state index in [9.17, 15) is 68.4 Å². The first-order chi connectivity index (χ1) is 40.6. The average molecular weight is 1230 g/mol. The van der Waals surface area contributed by atoms with E-state index in [2.05, 4.69) is 73.1 Å². The number of aliphatic hydroxyl groups is 2. The van der Waals surface area contributed by atoms with Crippen LogP contribution in [0.15, 0.2) is 78.9 Å². The number of carbonyl (C=O) groups excluding carboxylic acids is 10. The molecular weight excluding hydrogens is 1150 g/mol. The van der Waals surface area contributed by atoms with Crippen molar-refractivity contribution in [2.45, 2.75) is 113 Å². The molecule has 2 unspecified atom stereocenters. The smallest absolute Gasteiger partial charge is 0.328 e. The maximum Gasteiger partial charge on any atom is 0.328 e. The van der Waals surface area contributed by atoms with Crippen LogP contribution < -0.4 is 53.6 Å². The third kappa shape index (κ3) is 23.8. The minimum absolute atomic E-state index is 0.0240. The highest BCUT2D eigenvalue weighted by atomic mass is 32.1. The SMILES string of the molecule is CCC(C)[C@@H]1NC(=O)[C@H](Cc2ccccc2)NC(=O)[C@H](Cc2ccc(O)cc2)NC(=O)[C@@H](NC(=O)[C@@H](NC(=O)[C@H](CO)NC(=O)[C@H](Cc2ccc(O)cc2)NC(=O)COCCOCCNC(=O)[C@@H](N)CS)C(C)O)COC(=O)[C@H](CCS)NC1=O. The Kier molecular flexibility index (Phi) is 29.9. The van der Waals surface area contributed by atoms with Crippen molar-refractivity contribution in [3.63, 3.8) is 0 Å². The zero-order valence-electron chi connectivity index (χ0n) is 47.3. The number of cyclic esters (lactones) is 1. The van der Waals surface area contributed by atoms with E-state index in [-0.39, 0.29) is 75.1 Å². The van der Waals surface area contributed by atoms with Crippen LogP contribution in [0.3, 0.4) is 0 Å².